The zero-order valence-electron chi connectivity index (χ0n) is 75.7. The third kappa shape index (κ3) is 15.8. The van der Waals surface area contributed by atoms with Crippen molar-refractivity contribution in [1.29, 1.82) is 0 Å². The summed E-state index contributed by atoms with van der Waals surface area (Å²) in [6.45, 7) is 0. The highest BCUT2D eigenvalue weighted by Gasteiger charge is 2.25. The first-order valence-electron chi connectivity index (χ1n) is 46.9. The smallest absolute Gasteiger partial charge is 0.537 e. The molecule has 0 aliphatic heterocycles. The predicted octanol–water partition coefficient (Wildman–Crippen LogP) is 33.9. The minimum Gasteiger partial charge on any atom is -0.537 e. The van der Waals surface area contributed by atoms with E-state index in [4.69, 9.17) is 64.4 Å². The maximum Gasteiger partial charge on any atom is 0.569 e. The molecule has 5 heterocycles. The lowest BCUT2D eigenvalue weighted by atomic mass is 9.92. The van der Waals surface area contributed by atoms with E-state index in [2.05, 4.69) is 341 Å². The average Bonchev–Trinajstić information content (AvgIpc) is 1.64. The van der Waals surface area contributed by atoms with Crippen LogP contribution >= 0.6 is 34.8 Å². The molecule has 1 N–H and O–H groups in total. The maximum absolute atomic E-state index is 8.83. The molecule has 0 amide bonds. The van der Waals surface area contributed by atoms with Gasteiger partial charge < -0.3 is 9.68 Å². The molecule has 0 fully saturated rings. The minimum absolute atomic E-state index is 0.280. The van der Waals surface area contributed by atoms with E-state index in [1.807, 2.05) is 140 Å². The van der Waals surface area contributed by atoms with Crippen LogP contribution in [0.5, 0.6) is 5.75 Å². The van der Waals surface area contributed by atoms with Gasteiger partial charge in [-0.2, -0.15) is 0 Å². The predicted molar refractivity (Wildman–Crippen MR) is 591 cm³/mol. The molecule has 663 valence electrons. The summed E-state index contributed by atoms with van der Waals surface area (Å²) >= 11 is 18.5. The Hall–Kier alpha value is -17.3. The Morgan fingerprint density at radius 2 is 0.546 bits per heavy atom. The molecule has 1 aliphatic rings. The van der Waals surface area contributed by atoms with Crippen molar-refractivity contribution >= 4 is 216 Å². The maximum atomic E-state index is 8.83. The highest BCUT2D eigenvalue weighted by molar-refractivity contribution is 6.33. The quantitative estimate of drug-likeness (QED) is 0.0908. The Morgan fingerprint density at radius 1 is 0.220 bits per heavy atom. The van der Waals surface area contributed by atoms with Gasteiger partial charge in [-0.1, -0.05) is 387 Å². The van der Waals surface area contributed by atoms with Crippen molar-refractivity contribution in [3.63, 3.8) is 0 Å². The number of rotatable bonds is 8. The van der Waals surface area contributed by atoms with Gasteiger partial charge in [0, 0.05) is 64.4 Å². The summed E-state index contributed by atoms with van der Waals surface area (Å²) in [5.41, 5.74) is 20.6. The first kappa shape index (κ1) is 85.4. The third-order valence-corrected chi connectivity index (χ3v) is 27.9. The molecule has 141 heavy (non-hydrogen) atoms. The fraction of sp³-hybridized carbons (Fsp3) is 0.00787. The highest BCUT2D eigenvalue weighted by Crippen LogP contribution is 2.46. The highest BCUT2D eigenvalue weighted by atomic mass is 35.5. The molecule has 0 spiro atoms. The van der Waals surface area contributed by atoms with Crippen molar-refractivity contribution < 1.29 is 9.68 Å². The summed E-state index contributed by atoms with van der Waals surface area (Å²) in [4.78, 5) is 29.3. The summed E-state index contributed by atoms with van der Waals surface area (Å²) in [7, 11) is 0.713. The van der Waals surface area contributed by atoms with Crippen LogP contribution in [0.4, 0.5) is 0 Å². The van der Waals surface area contributed by atoms with E-state index in [0.717, 1.165) is 122 Å². The Bertz CT molecular complexity index is 9820. The fourth-order valence-electron chi connectivity index (χ4n) is 20.8. The van der Waals surface area contributed by atoms with Gasteiger partial charge in [0.15, 0.2) is 0 Å². The van der Waals surface area contributed by atoms with E-state index in [1.54, 1.807) is 0 Å². The molecule has 0 bridgehead atoms. The number of para-hydroxylation sites is 3. The van der Waals surface area contributed by atoms with E-state index < -0.39 is 0 Å². The monoisotopic (exact) mass is 1860 g/mol. The van der Waals surface area contributed by atoms with Crippen LogP contribution in [0.2, 0.25) is 15.3 Å². The van der Waals surface area contributed by atoms with Gasteiger partial charge in [-0.15, -0.1) is 0 Å². The van der Waals surface area contributed by atoms with Gasteiger partial charge in [0.25, 0.3) is 0 Å². The molecule has 28 aromatic rings. The zero-order chi connectivity index (χ0) is 94.1. The number of halogens is 3. The number of hydrogen-bond acceptors (Lipinski definition) is 8. The van der Waals surface area contributed by atoms with Gasteiger partial charge in [-0.25, -0.2) is 29.9 Å². The molecule has 10 nitrogen and oxygen atoms in total. The van der Waals surface area contributed by atoms with Crippen LogP contribution in [0.1, 0.15) is 11.1 Å². The first-order chi connectivity index (χ1) is 69.6. The van der Waals surface area contributed by atoms with Gasteiger partial charge in [0.2, 0.25) is 17.2 Å². The standard InChI is InChI=1S/C48H29N3.C30H18ClN3.C18H12BO2.C17H11Cl.C14H9ClN2/c1-2-12-30(13-3-1)47-41-20-10-11-21-44(41)49-48(50-47)51-45-29-34(23-25-40(45)43-27-31-14-4-5-15-32(31)28-46(43)51)33-22-24-39-37-18-7-6-16-35(37)36-17-8-9-19-38(36)42(39)26-33;31-22-14-15-23-25-16-20-10-4-5-11-21(20)17-27(25)34(28(23)18-22)30-32-26-13-7-6-12-24(26)29(33-30)19-8-2-1-3-9-19;20-19-21-12-9-10-17-15-7-2-1-5-13(15)14-6-3-4-8-16(14)18(17)11-12;18-15-5-6-16-14(9-15)8-13-7-11-3-1-2-4-12(11)10-17(13)16;15-14-16-12-9-5-4-8-11(12)13(17-14)10-6-2-1-3-7-10/h1-29H;1-18H;1-11,20H;1-7,9-10H,8H2;1-9H. The van der Waals surface area contributed by atoms with Crippen LogP contribution in [-0.4, -0.2) is 51.7 Å². The summed E-state index contributed by atoms with van der Waals surface area (Å²) in [6.07, 6.45) is 0.996. The normalized spacial score (nSPS) is 11.7. The summed E-state index contributed by atoms with van der Waals surface area (Å²) in [6, 6.07) is 161. The first-order valence-corrected chi connectivity index (χ1v) is 48.0. The van der Waals surface area contributed by atoms with Gasteiger partial charge in [-0.05, 0) is 245 Å². The molecule has 1 radical (unpaired) electrons. The lowest BCUT2D eigenvalue weighted by molar-refractivity contribution is 0.454. The van der Waals surface area contributed by atoms with Crippen LogP contribution in [0.3, 0.4) is 0 Å². The third-order valence-electron chi connectivity index (χ3n) is 27.2. The van der Waals surface area contributed by atoms with Gasteiger partial charge >= 0.3 is 7.69 Å². The second-order valence-corrected chi connectivity index (χ2v) is 36.7. The molecule has 0 unspecified atom stereocenters. The second-order valence-electron chi connectivity index (χ2n) is 35.4. The van der Waals surface area contributed by atoms with Crippen molar-refractivity contribution in [2.45, 2.75) is 6.42 Å². The molecule has 29 rings (SSSR count). The number of nitrogens with zero attached hydrogens (tertiary/aromatic N) is 8. The van der Waals surface area contributed by atoms with Crippen LogP contribution in [0, 0.1) is 0 Å². The molecule has 0 saturated carbocycles. The Kier molecular flexibility index (Phi) is 22.0. The van der Waals surface area contributed by atoms with E-state index >= 15 is 0 Å². The largest absolute Gasteiger partial charge is 0.569 e. The Balaban J connectivity index is 0.0000001000. The molecule has 0 atom stereocenters. The van der Waals surface area contributed by atoms with Gasteiger partial charge in [0.1, 0.15) is 5.75 Å². The molecule has 0 saturated heterocycles. The molecular formula is C127H79BCl3N8O2. The Labute approximate surface area is 825 Å². The van der Waals surface area contributed by atoms with E-state index in [1.165, 1.54) is 130 Å². The van der Waals surface area contributed by atoms with Gasteiger partial charge in [0.05, 0.1) is 55.7 Å². The Morgan fingerprint density at radius 3 is 1.01 bits per heavy atom. The number of fused-ring (bicyclic) bond motifs is 27. The minimum atomic E-state index is 0.280. The van der Waals surface area contributed by atoms with Crippen molar-refractivity contribution in [3.05, 3.63) is 487 Å². The lowest BCUT2D eigenvalue weighted by Gasteiger charge is -2.13. The summed E-state index contributed by atoms with van der Waals surface area (Å²) in [5.74, 6) is 1.93. The lowest BCUT2D eigenvalue weighted by Crippen LogP contribution is -2.03. The average molecular weight is 1870 g/mol. The van der Waals surface area contributed by atoms with Crippen LogP contribution in [0.25, 0.3) is 241 Å². The molecule has 1 aliphatic carbocycles. The fourth-order valence-corrected chi connectivity index (χ4v) is 21.3. The van der Waals surface area contributed by atoms with Crippen molar-refractivity contribution in [1.82, 2.24) is 39.0 Å². The van der Waals surface area contributed by atoms with E-state index in [0.29, 0.717) is 30.4 Å². The van der Waals surface area contributed by atoms with E-state index in [-0.39, 0.29) is 5.28 Å². The number of hydrogen-bond donors (Lipinski definition) is 1. The van der Waals surface area contributed by atoms with E-state index in [9.17, 15) is 0 Å². The topological polar surface area (TPSA) is 117 Å². The SMILES string of the molecule is Clc1ccc2c(c1)Cc1cc3ccccc3cc1-2.Clc1ccc2c3cc4ccccc4cc3n(-c3nc(-c4ccccc4)c4ccccc4n3)c2c1.Clc1nc(-c2ccccc2)c2ccccc2n1.O[B]Oc1ccc2c3ccccc3c3ccccc3c2c1.c1ccc(-c2nc(-n3c4cc(-c5ccc6c7ccccc7c7ccccc7c6c5)ccc4c4cc5ccccc5cc43)nc3ccccc23)cc1. The number of benzene rings is 23. The summed E-state index contributed by atoms with van der Waals surface area (Å²) < 4.78 is 9.51. The van der Waals surface area contributed by atoms with Crippen molar-refractivity contribution in [2.24, 2.45) is 0 Å². The zero-order valence-corrected chi connectivity index (χ0v) is 78.0. The van der Waals surface area contributed by atoms with Crippen molar-refractivity contribution in [2.75, 3.05) is 0 Å². The number of aromatic nitrogens is 8. The van der Waals surface area contributed by atoms with Crippen LogP contribution in [0.15, 0.2) is 461 Å². The molecular weight excluding hydrogens is 1790 g/mol. The molecule has 14 heteroatoms. The second kappa shape index (κ2) is 36.3. The van der Waals surface area contributed by atoms with Crippen LogP contribution in [-0.2, 0) is 6.42 Å². The van der Waals surface area contributed by atoms with Crippen molar-refractivity contribution in [3.8, 4) is 73.7 Å². The van der Waals surface area contributed by atoms with Gasteiger partial charge in [-0.3, -0.25) is 9.13 Å². The van der Waals surface area contributed by atoms with Crippen LogP contribution < -0.4 is 4.65 Å². The summed E-state index contributed by atoms with van der Waals surface area (Å²) in [5, 5.41) is 40.6. The molecule has 23 aromatic carbocycles. The molecule has 5 aromatic heterocycles.